The van der Waals surface area contributed by atoms with E-state index in [1.807, 2.05) is 0 Å². The predicted octanol–water partition coefficient (Wildman–Crippen LogP) is 3.42. The second-order valence-electron chi connectivity index (χ2n) is 8.43. The van der Waals surface area contributed by atoms with Crippen molar-refractivity contribution in [3.63, 3.8) is 0 Å². The lowest BCUT2D eigenvalue weighted by Gasteiger charge is -2.32. The molecule has 0 spiro atoms. The van der Waals surface area contributed by atoms with Crippen molar-refractivity contribution in [2.24, 2.45) is 5.92 Å². The summed E-state index contributed by atoms with van der Waals surface area (Å²) in [6.45, 7) is 3.52. The second-order valence-corrected chi connectivity index (χ2v) is 10.3. The number of nitrogens with one attached hydrogen (secondary N) is 2. The molecular formula is C23H25F2N3O5S. The van der Waals surface area contributed by atoms with Crippen molar-refractivity contribution in [1.29, 1.82) is 0 Å². The van der Waals surface area contributed by atoms with Crippen molar-refractivity contribution in [2.75, 3.05) is 23.7 Å². The summed E-state index contributed by atoms with van der Waals surface area (Å²) in [5, 5.41) is 5.10. The van der Waals surface area contributed by atoms with Crippen LogP contribution in [0.4, 0.5) is 20.2 Å². The van der Waals surface area contributed by atoms with Gasteiger partial charge in [0, 0.05) is 25.2 Å². The number of aryl methyl sites for hydroxylation is 1. The minimum atomic E-state index is -3.99. The first-order valence-corrected chi connectivity index (χ1v) is 12.4. The largest absolute Gasteiger partial charge is 0.478 e. The highest BCUT2D eigenvalue weighted by Gasteiger charge is 2.36. The number of anilines is 2. The molecule has 1 fully saturated rings. The molecule has 2 atom stereocenters. The van der Waals surface area contributed by atoms with Crippen molar-refractivity contribution < 1.29 is 31.5 Å². The number of amides is 2. The highest BCUT2D eigenvalue weighted by molar-refractivity contribution is 7.89. The van der Waals surface area contributed by atoms with Crippen LogP contribution in [0, 0.1) is 24.5 Å². The van der Waals surface area contributed by atoms with Crippen molar-refractivity contribution in [3.05, 3.63) is 47.5 Å². The first-order valence-electron chi connectivity index (χ1n) is 11.0. The normalized spacial score (nSPS) is 20.8. The van der Waals surface area contributed by atoms with E-state index in [9.17, 15) is 26.8 Å². The third kappa shape index (κ3) is 4.62. The Balaban J connectivity index is 1.55. The van der Waals surface area contributed by atoms with Crippen LogP contribution in [0.5, 0.6) is 5.75 Å². The zero-order valence-electron chi connectivity index (χ0n) is 18.7. The van der Waals surface area contributed by atoms with Crippen LogP contribution >= 0.6 is 0 Å². The number of ether oxygens (including phenoxy) is 1. The molecular weight excluding hydrogens is 468 g/mol. The summed E-state index contributed by atoms with van der Waals surface area (Å²) in [4.78, 5) is 24.8. The maximum absolute atomic E-state index is 13.9. The van der Waals surface area contributed by atoms with Crippen molar-refractivity contribution in [3.8, 4) is 5.75 Å². The first-order chi connectivity index (χ1) is 16.1. The van der Waals surface area contributed by atoms with Crippen molar-refractivity contribution in [2.45, 2.75) is 44.1 Å². The molecule has 0 radical (unpaired) electrons. The zero-order valence-corrected chi connectivity index (χ0v) is 19.5. The second kappa shape index (κ2) is 9.30. The van der Waals surface area contributed by atoms with E-state index in [1.165, 1.54) is 10.4 Å². The molecule has 2 amide bonds. The lowest BCUT2D eigenvalue weighted by Crippen LogP contribution is -2.44. The first kappa shape index (κ1) is 24.1. The van der Waals surface area contributed by atoms with Crippen molar-refractivity contribution in [1.82, 2.24) is 4.31 Å². The van der Waals surface area contributed by atoms with Gasteiger partial charge in [-0.1, -0.05) is 6.92 Å². The Labute approximate surface area is 196 Å². The number of piperidine rings is 1. The maximum Gasteiger partial charge on any atom is 0.265 e. The zero-order chi connectivity index (χ0) is 24.6. The van der Waals surface area contributed by atoms with E-state index in [1.54, 1.807) is 19.9 Å². The van der Waals surface area contributed by atoms with Gasteiger partial charge in [-0.05, 0) is 49.9 Å². The van der Waals surface area contributed by atoms with E-state index >= 15 is 0 Å². The number of benzene rings is 2. The highest BCUT2D eigenvalue weighted by Crippen LogP contribution is 2.36. The monoisotopic (exact) mass is 493 g/mol. The predicted molar refractivity (Wildman–Crippen MR) is 121 cm³/mol. The summed E-state index contributed by atoms with van der Waals surface area (Å²) in [7, 11) is -3.99. The van der Waals surface area contributed by atoms with E-state index in [-0.39, 0.29) is 35.3 Å². The number of carbonyl (C=O) groups excluding carboxylic acids is 2. The summed E-state index contributed by atoms with van der Waals surface area (Å²) in [6.07, 6.45) is 0.552. The number of carbonyl (C=O) groups is 2. The molecule has 2 N–H and O–H groups in total. The fourth-order valence-electron chi connectivity index (χ4n) is 4.17. The molecule has 0 saturated carbocycles. The molecule has 2 aliphatic rings. The third-order valence-electron chi connectivity index (χ3n) is 6.03. The van der Waals surface area contributed by atoms with Gasteiger partial charge in [-0.25, -0.2) is 17.2 Å². The van der Waals surface area contributed by atoms with E-state index < -0.39 is 39.6 Å². The molecule has 0 aromatic heterocycles. The Morgan fingerprint density at radius 2 is 2.03 bits per heavy atom. The average molecular weight is 494 g/mol. The topological polar surface area (TPSA) is 105 Å². The molecule has 11 heteroatoms. The standard InChI is InChI=1S/C23H25F2N3O5S/c1-3-19-23(30)27-18-9-13(2)21(11-20(18)33-19)34(31,32)28-8-4-5-14(12-28)22(29)26-17-10-15(24)6-7-16(17)25/h6-7,9-11,14,19H,3-5,8,12H2,1-2H3,(H,26,29)(H,27,30)/t14-,19-/m0/s1. The van der Waals surface area contributed by atoms with Crippen LogP contribution in [0.2, 0.25) is 0 Å². The Bertz CT molecular complexity index is 1250. The van der Waals surface area contributed by atoms with Crippen molar-refractivity contribution >= 4 is 33.2 Å². The Kier molecular flexibility index (Phi) is 6.59. The van der Waals surface area contributed by atoms with Crippen LogP contribution in [-0.4, -0.2) is 43.7 Å². The molecule has 4 rings (SSSR count). The Hall–Kier alpha value is -3.05. The number of hydrogen-bond donors (Lipinski definition) is 2. The lowest BCUT2D eigenvalue weighted by atomic mass is 9.98. The third-order valence-corrected chi connectivity index (χ3v) is 8.03. The summed E-state index contributed by atoms with van der Waals surface area (Å²) >= 11 is 0. The molecule has 0 unspecified atom stereocenters. The minimum Gasteiger partial charge on any atom is -0.478 e. The number of halogens is 2. The minimum absolute atomic E-state index is 0.0227. The van der Waals surface area contributed by atoms with Crippen LogP contribution in [-0.2, 0) is 19.6 Å². The van der Waals surface area contributed by atoms with Crippen LogP contribution < -0.4 is 15.4 Å². The van der Waals surface area contributed by atoms with Crippen LogP contribution in [0.25, 0.3) is 0 Å². The van der Waals surface area contributed by atoms with Crippen LogP contribution in [0.15, 0.2) is 35.2 Å². The smallest absolute Gasteiger partial charge is 0.265 e. The van der Waals surface area contributed by atoms with E-state index in [0.717, 1.165) is 18.2 Å². The van der Waals surface area contributed by atoms with Gasteiger partial charge in [0.05, 0.1) is 22.2 Å². The SMILES string of the molecule is CC[C@@H]1Oc2cc(S(=O)(=O)N3CCC[C@H](C(=O)Nc4cc(F)ccc4F)C3)c(C)cc2NC1=O. The number of fused-ring (bicyclic) bond motifs is 1. The molecule has 182 valence electrons. The molecule has 2 aromatic rings. The average Bonchev–Trinajstić information content (AvgIpc) is 2.80. The fraction of sp³-hybridized carbons (Fsp3) is 0.391. The quantitative estimate of drug-likeness (QED) is 0.664. The van der Waals surface area contributed by atoms with E-state index in [2.05, 4.69) is 10.6 Å². The van der Waals surface area contributed by atoms with Gasteiger partial charge in [-0.2, -0.15) is 4.31 Å². The molecule has 8 nitrogen and oxygen atoms in total. The Morgan fingerprint density at radius 3 is 2.76 bits per heavy atom. The van der Waals surface area contributed by atoms with E-state index in [4.69, 9.17) is 4.74 Å². The molecule has 2 heterocycles. The van der Waals surface area contributed by atoms with Gasteiger partial charge in [-0.15, -0.1) is 0 Å². The molecule has 2 aromatic carbocycles. The summed E-state index contributed by atoms with van der Waals surface area (Å²) < 4.78 is 61.2. The van der Waals surface area contributed by atoms with Crippen LogP contribution in [0.1, 0.15) is 31.7 Å². The van der Waals surface area contributed by atoms with Gasteiger partial charge in [-0.3, -0.25) is 9.59 Å². The van der Waals surface area contributed by atoms with Gasteiger partial charge >= 0.3 is 0 Å². The van der Waals surface area contributed by atoms with Gasteiger partial charge in [0.2, 0.25) is 15.9 Å². The maximum atomic E-state index is 13.9. The lowest BCUT2D eigenvalue weighted by molar-refractivity contribution is -0.123. The molecule has 1 saturated heterocycles. The number of hydrogen-bond acceptors (Lipinski definition) is 5. The number of rotatable bonds is 5. The van der Waals surface area contributed by atoms with Gasteiger partial charge in [0.1, 0.15) is 17.4 Å². The van der Waals surface area contributed by atoms with Gasteiger partial charge < -0.3 is 15.4 Å². The fourth-order valence-corrected chi connectivity index (χ4v) is 5.92. The number of sulfonamides is 1. The number of nitrogens with zero attached hydrogens (tertiary/aromatic N) is 1. The molecule has 0 bridgehead atoms. The molecule has 2 aliphatic heterocycles. The van der Waals surface area contributed by atoms with Gasteiger partial charge in [0.15, 0.2) is 6.10 Å². The molecule has 0 aliphatic carbocycles. The van der Waals surface area contributed by atoms with Gasteiger partial charge in [0.25, 0.3) is 5.91 Å². The summed E-state index contributed by atoms with van der Waals surface area (Å²) in [5.74, 6) is -2.81. The summed E-state index contributed by atoms with van der Waals surface area (Å²) in [6, 6.07) is 5.68. The highest BCUT2D eigenvalue weighted by atomic mass is 32.2. The summed E-state index contributed by atoms with van der Waals surface area (Å²) in [5.41, 5.74) is 0.533. The van der Waals surface area contributed by atoms with E-state index in [0.29, 0.717) is 30.5 Å². The Morgan fingerprint density at radius 1 is 1.26 bits per heavy atom. The van der Waals surface area contributed by atoms with Crippen LogP contribution in [0.3, 0.4) is 0 Å². The molecule has 34 heavy (non-hydrogen) atoms.